The highest BCUT2D eigenvalue weighted by atomic mass is 19.1. The number of aliphatic carboxylic acids is 1. The molecule has 3 rings (SSSR count). The van der Waals surface area contributed by atoms with E-state index in [2.05, 4.69) is 4.90 Å². The number of carbonyl (C=O) groups is 1. The predicted molar refractivity (Wildman–Crippen MR) is 74.6 cm³/mol. The molecule has 106 valence electrons. The largest absolute Gasteiger partial charge is 0.478 e. The highest BCUT2D eigenvalue weighted by Crippen LogP contribution is 2.38. The van der Waals surface area contributed by atoms with Crippen LogP contribution >= 0.6 is 0 Å². The molecule has 1 aromatic carbocycles. The summed E-state index contributed by atoms with van der Waals surface area (Å²) in [5.41, 5.74) is 1.39. The van der Waals surface area contributed by atoms with Crippen LogP contribution in [-0.4, -0.2) is 28.6 Å². The number of rotatable bonds is 4. The lowest BCUT2D eigenvalue weighted by molar-refractivity contribution is -0.131. The average Bonchev–Trinajstić information content (AvgIpc) is 3.01. The quantitative estimate of drug-likeness (QED) is 0.859. The Morgan fingerprint density at radius 2 is 2.30 bits per heavy atom. The number of benzene rings is 1. The Morgan fingerprint density at radius 3 is 2.95 bits per heavy atom. The Kier molecular flexibility index (Phi) is 3.57. The zero-order chi connectivity index (χ0) is 14.1. The normalized spacial score (nSPS) is 25.6. The second kappa shape index (κ2) is 5.37. The summed E-state index contributed by atoms with van der Waals surface area (Å²) in [6.45, 7) is 1.97. The Labute approximate surface area is 117 Å². The van der Waals surface area contributed by atoms with Crippen LogP contribution in [0, 0.1) is 11.7 Å². The molecule has 2 unspecified atom stereocenters. The molecule has 2 fully saturated rings. The van der Waals surface area contributed by atoms with E-state index < -0.39 is 5.97 Å². The summed E-state index contributed by atoms with van der Waals surface area (Å²) >= 11 is 0. The molecule has 1 heterocycles. The Bertz CT molecular complexity index is 555. The second-order valence-electron chi connectivity index (χ2n) is 5.79. The molecule has 1 aromatic rings. The van der Waals surface area contributed by atoms with Gasteiger partial charge in [0.15, 0.2) is 0 Å². The molecule has 3 nitrogen and oxygen atoms in total. The van der Waals surface area contributed by atoms with Crippen LogP contribution < -0.4 is 0 Å². The van der Waals surface area contributed by atoms with Crippen molar-refractivity contribution in [2.75, 3.05) is 6.54 Å². The Hall–Kier alpha value is -1.68. The summed E-state index contributed by atoms with van der Waals surface area (Å²) in [6, 6.07) is 5.65. The minimum Gasteiger partial charge on any atom is -0.478 e. The number of likely N-dealkylation sites (tertiary alicyclic amines) is 1. The molecule has 1 saturated heterocycles. The predicted octanol–water partition coefficient (Wildman–Crippen LogP) is 2.91. The van der Waals surface area contributed by atoms with Gasteiger partial charge in [-0.05, 0) is 49.0 Å². The van der Waals surface area contributed by atoms with E-state index in [1.165, 1.54) is 31.4 Å². The first-order valence-corrected chi connectivity index (χ1v) is 7.05. The third-order valence-corrected chi connectivity index (χ3v) is 4.37. The van der Waals surface area contributed by atoms with Crippen molar-refractivity contribution in [3.63, 3.8) is 0 Å². The van der Waals surface area contributed by atoms with Gasteiger partial charge in [0.05, 0.1) is 0 Å². The number of carboxylic acid groups (broad SMARTS) is 1. The summed E-state index contributed by atoms with van der Waals surface area (Å²) in [7, 11) is 0. The van der Waals surface area contributed by atoms with Gasteiger partial charge in [0.1, 0.15) is 5.82 Å². The number of piperidine rings is 1. The molecule has 2 atom stereocenters. The van der Waals surface area contributed by atoms with Crippen LogP contribution in [0.25, 0.3) is 6.08 Å². The van der Waals surface area contributed by atoms with Crippen molar-refractivity contribution in [3.8, 4) is 0 Å². The van der Waals surface area contributed by atoms with Crippen LogP contribution in [0.5, 0.6) is 0 Å². The maximum Gasteiger partial charge on any atom is 0.328 e. The molecule has 0 radical (unpaired) electrons. The molecule has 0 aromatic heterocycles. The Morgan fingerprint density at radius 1 is 1.45 bits per heavy atom. The summed E-state index contributed by atoms with van der Waals surface area (Å²) in [6.07, 6.45) is 6.21. The average molecular weight is 275 g/mol. The molecule has 1 aliphatic heterocycles. The zero-order valence-corrected chi connectivity index (χ0v) is 11.3. The van der Waals surface area contributed by atoms with E-state index in [4.69, 9.17) is 5.11 Å². The van der Waals surface area contributed by atoms with Crippen molar-refractivity contribution in [1.29, 1.82) is 0 Å². The summed E-state index contributed by atoms with van der Waals surface area (Å²) in [5.74, 6) is -0.604. The first-order chi connectivity index (χ1) is 9.61. The molecular formula is C16H18FNO2. The van der Waals surface area contributed by atoms with E-state index >= 15 is 0 Å². The molecule has 0 spiro atoms. The van der Waals surface area contributed by atoms with Gasteiger partial charge >= 0.3 is 5.97 Å². The maximum atomic E-state index is 13.6. The maximum absolute atomic E-state index is 13.6. The monoisotopic (exact) mass is 275 g/mol. The van der Waals surface area contributed by atoms with E-state index in [-0.39, 0.29) is 5.82 Å². The van der Waals surface area contributed by atoms with Gasteiger partial charge in [0.2, 0.25) is 0 Å². The van der Waals surface area contributed by atoms with Crippen LogP contribution in [0.4, 0.5) is 4.39 Å². The van der Waals surface area contributed by atoms with Crippen molar-refractivity contribution in [3.05, 3.63) is 41.2 Å². The first-order valence-electron chi connectivity index (χ1n) is 7.05. The minimum absolute atomic E-state index is 0.342. The SMILES string of the molecule is O=C(O)C=Cc1cc(CN2CC3CCC2C3)ccc1F. The van der Waals surface area contributed by atoms with Gasteiger partial charge in [0, 0.05) is 30.8 Å². The fourth-order valence-electron chi connectivity index (χ4n) is 3.44. The highest BCUT2D eigenvalue weighted by molar-refractivity contribution is 5.85. The fourth-order valence-corrected chi connectivity index (χ4v) is 3.44. The standard InChI is InChI=1S/C16H18FNO2/c17-15-5-2-11(7-13(15)3-6-16(19)20)9-18-10-12-1-4-14(18)8-12/h2-3,5-7,12,14H,1,4,8-10H2,(H,19,20). The van der Waals surface area contributed by atoms with Gasteiger partial charge in [-0.3, -0.25) is 4.90 Å². The zero-order valence-electron chi connectivity index (χ0n) is 11.3. The smallest absolute Gasteiger partial charge is 0.328 e. The van der Waals surface area contributed by atoms with Crippen molar-refractivity contribution in [2.24, 2.45) is 5.92 Å². The van der Waals surface area contributed by atoms with Gasteiger partial charge in [0.25, 0.3) is 0 Å². The van der Waals surface area contributed by atoms with E-state index in [0.717, 1.165) is 30.6 Å². The third kappa shape index (κ3) is 2.75. The molecule has 1 saturated carbocycles. The summed E-state index contributed by atoms with van der Waals surface area (Å²) < 4.78 is 13.6. The Balaban J connectivity index is 1.74. The van der Waals surface area contributed by atoms with Crippen LogP contribution in [0.1, 0.15) is 30.4 Å². The lowest BCUT2D eigenvalue weighted by Gasteiger charge is -2.26. The molecule has 2 aliphatic rings. The van der Waals surface area contributed by atoms with Gasteiger partial charge in [-0.15, -0.1) is 0 Å². The van der Waals surface area contributed by atoms with Crippen molar-refractivity contribution < 1.29 is 14.3 Å². The van der Waals surface area contributed by atoms with Gasteiger partial charge in [-0.2, -0.15) is 0 Å². The molecule has 4 heteroatoms. The van der Waals surface area contributed by atoms with Crippen molar-refractivity contribution in [2.45, 2.75) is 31.8 Å². The topological polar surface area (TPSA) is 40.5 Å². The molecular weight excluding hydrogens is 257 g/mol. The third-order valence-electron chi connectivity index (χ3n) is 4.37. The first kappa shape index (κ1) is 13.3. The molecule has 1 N–H and O–H groups in total. The van der Waals surface area contributed by atoms with E-state index in [0.29, 0.717) is 11.6 Å². The van der Waals surface area contributed by atoms with E-state index in [1.54, 1.807) is 12.1 Å². The second-order valence-corrected chi connectivity index (χ2v) is 5.79. The van der Waals surface area contributed by atoms with Crippen LogP contribution in [-0.2, 0) is 11.3 Å². The van der Waals surface area contributed by atoms with Crippen molar-refractivity contribution >= 4 is 12.0 Å². The van der Waals surface area contributed by atoms with Crippen LogP contribution in [0.15, 0.2) is 24.3 Å². The van der Waals surface area contributed by atoms with Gasteiger partial charge < -0.3 is 5.11 Å². The molecule has 1 aliphatic carbocycles. The highest BCUT2D eigenvalue weighted by Gasteiger charge is 2.37. The lowest BCUT2D eigenvalue weighted by atomic mass is 10.1. The molecule has 0 amide bonds. The minimum atomic E-state index is -1.06. The number of carboxylic acids is 1. The summed E-state index contributed by atoms with van der Waals surface area (Å²) in [4.78, 5) is 13.0. The molecule has 20 heavy (non-hydrogen) atoms. The summed E-state index contributed by atoms with van der Waals surface area (Å²) in [5, 5.41) is 8.62. The fraction of sp³-hybridized carbons (Fsp3) is 0.438. The number of fused-ring (bicyclic) bond motifs is 2. The number of nitrogens with zero attached hydrogens (tertiary/aromatic N) is 1. The molecule has 2 bridgehead atoms. The number of hydrogen-bond donors (Lipinski definition) is 1. The van der Waals surface area contributed by atoms with Gasteiger partial charge in [-0.25, -0.2) is 9.18 Å². The van der Waals surface area contributed by atoms with E-state index in [9.17, 15) is 9.18 Å². The number of hydrogen-bond acceptors (Lipinski definition) is 2. The van der Waals surface area contributed by atoms with E-state index in [1.807, 2.05) is 0 Å². The lowest BCUT2D eigenvalue weighted by Crippen LogP contribution is -2.31. The number of halogens is 1. The van der Waals surface area contributed by atoms with Crippen molar-refractivity contribution in [1.82, 2.24) is 4.90 Å². The van der Waals surface area contributed by atoms with Gasteiger partial charge in [-0.1, -0.05) is 6.07 Å². The van der Waals surface area contributed by atoms with Crippen LogP contribution in [0.2, 0.25) is 0 Å². The van der Waals surface area contributed by atoms with Crippen LogP contribution in [0.3, 0.4) is 0 Å².